The number of aliphatic hydroxyl groups is 1. The lowest BCUT2D eigenvalue weighted by atomic mass is 9.79. The molecular weight excluding hydrogens is 238 g/mol. The van der Waals surface area contributed by atoms with Crippen molar-refractivity contribution in [2.24, 2.45) is 11.8 Å². The largest absolute Gasteiger partial charge is 0.388 e. The average Bonchev–Trinajstić information content (AvgIpc) is 2.42. The van der Waals surface area contributed by atoms with E-state index in [2.05, 4.69) is 12.2 Å². The third-order valence-electron chi connectivity index (χ3n) is 5.02. The summed E-state index contributed by atoms with van der Waals surface area (Å²) in [7, 11) is 0. The Labute approximate surface area is 117 Å². The maximum Gasteiger partial charge on any atom is 0.220 e. The highest BCUT2D eigenvalue weighted by atomic mass is 16.3. The molecule has 2 N–H and O–H groups in total. The molecule has 0 spiro atoms. The van der Waals surface area contributed by atoms with Gasteiger partial charge in [-0.25, -0.2) is 0 Å². The Morgan fingerprint density at radius 1 is 1.16 bits per heavy atom. The molecule has 2 saturated carbocycles. The van der Waals surface area contributed by atoms with Gasteiger partial charge >= 0.3 is 0 Å². The fraction of sp³-hybridized carbons (Fsp3) is 0.938. The van der Waals surface area contributed by atoms with Crippen LogP contribution in [0, 0.1) is 11.8 Å². The van der Waals surface area contributed by atoms with Crippen molar-refractivity contribution < 1.29 is 9.90 Å². The fourth-order valence-electron chi connectivity index (χ4n) is 3.46. The maximum absolute atomic E-state index is 11.9. The Morgan fingerprint density at radius 3 is 2.42 bits per heavy atom. The molecule has 19 heavy (non-hydrogen) atoms. The van der Waals surface area contributed by atoms with Gasteiger partial charge < -0.3 is 10.4 Å². The Bertz CT molecular complexity index is 289. The highest BCUT2D eigenvalue weighted by Crippen LogP contribution is 2.31. The van der Waals surface area contributed by atoms with Crippen LogP contribution in [0.5, 0.6) is 0 Å². The SMILES string of the molecule is CC1CCC(O)(CNC(=O)CC2CCCCC2)CC1. The van der Waals surface area contributed by atoms with Crippen molar-refractivity contribution >= 4 is 5.91 Å². The molecule has 0 aromatic heterocycles. The van der Waals surface area contributed by atoms with E-state index < -0.39 is 5.60 Å². The zero-order valence-corrected chi connectivity index (χ0v) is 12.3. The van der Waals surface area contributed by atoms with Gasteiger partial charge in [0.15, 0.2) is 0 Å². The van der Waals surface area contributed by atoms with E-state index in [-0.39, 0.29) is 5.91 Å². The minimum Gasteiger partial charge on any atom is -0.388 e. The molecule has 0 aromatic carbocycles. The lowest BCUT2D eigenvalue weighted by Gasteiger charge is -2.35. The molecule has 0 heterocycles. The molecule has 0 bridgehead atoms. The van der Waals surface area contributed by atoms with E-state index in [0.29, 0.717) is 18.9 Å². The summed E-state index contributed by atoms with van der Waals surface area (Å²) in [5.41, 5.74) is -0.644. The molecule has 0 atom stereocenters. The maximum atomic E-state index is 11.9. The Morgan fingerprint density at radius 2 is 1.79 bits per heavy atom. The van der Waals surface area contributed by atoms with E-state index in [9.17, 15) is 9.90 Å². The zero-order valence-electron chi connectivity index (χ0n) is 12.3. The van der Waals surface area contributed by atoms with Crippen molar-refractivity contribution in [3.05, 3.63) is 0 Å². The Hall–Kier alpha value is -0.570. The van der Waals surface area contributed by atoms with Gasteiger partial charge in [-0.3, -0.25) is 4.79 Å². The van der Waals surface area contributed by atoms with Crippen molar-refractivity contribution in [1.82, 2.24) is 5.32 Å². The molecule has 0 unspecified atom stereocenters. The summed E-state index contributed by atoms with van der Waals surface area (Å²) < 4.78 is 0. The second kappa shape index (κ2) is 6.74. The number of carbonyl (C=O) groups is 1. The molecule has 0 aromatic rings. The first-order valence-electron chi connectivity index (χ1n) is 8.06. The molecule has 0 saturated heterocycles. The van der Waals surface area contributed by atoms with Crippen molar-refractivity contribution in [1.29, 1.82) is 0 Å². The van der Waals surface area contributed by atoms with E-state index in [1.54, 1.807) is 0 Å². The number of hydrogen-bond donors (Lipinski definition) is 2. The van der Waals surface area contributed by atoms with Gasteiger partial charge in [0.1, 0.15) is 0 Å². The van der Waals surface area contributed by atoms with Gasteiger partial charge in [-0.15, -0.1) is 0 Å². The summed E-state index contributed by atoms with van der Waals surface area (Å²) in [6.45, 7) is 2.69. The van der Waals surface area contributed by atoms with Crippen LogP contribution in [0.25, 0.3) is 0 Å². The summed E-state index contributed by atoms with van der Waals surface area (Å²) in [5.74, 6) is 1.44. The first-order valence-corrected chi connectivity index (χ1v) is 8.06. The average molecular weight is 267 g/mol. The molecular formula is C16H29NO2. The Balaban J connectivity index is 1.67. The lowest BCUT2D eigenvalue weighted by Crippen LogP contribution is -2.45. The number of amides is 1. The third kappa shape index (κ3) is 4.79. The van der Waals surface area contributed by atoms with Crippen LogP contribution in [0.2, 0.25) is 0 Å². The second-order valence-electron chi connectivity index (χ2n) is 6.89. The van der Waals surface area contributed by atoms with E-state index in [1.165, 1.54) is 32.1 Å². The van der Waals surface area contributed by atoms with Crippen LogP contribution in [0.15, 0.2) is 0 Å². The summed E-state index contributed by atoms with van der Waals surface area (Å²) in [4.78, 5) is 11.9. The van der Waals surface area contributed by atoms with Gasteiger partial charge in [-0.1, -0.05) is 26.2 Å². The molecule has 110 valence electrons. The standard InChI is InChI=1S/C16H29NO2/c1-13-7-9-16(19,10-8-13)12-17-15(18)11-14-5-3-2-4-6-14/h13-14,19H,2-12H2,1H3,(H,17,18). The first kappa shape index (κ1) is 14.8. The molecule has 3 nitrogen and oxygen atoms in total. The topological polar surface area (TPSA) is 49.3 Å². The van der Waals surface area contributed by atoms with Crippen LogP contribution in [0.4, 0.5) is 0 Å². The minimum atomic E-state index is -0.644. The van der Waals surface area contributed by atoms with Crippen LogP contribution in [0.3, 0.4) is 0 Å². The molecule has 3 heteroatoms. The molecule has 2 aliphatic carbocycles. The summed E-state index contributed by atoms with van der Waals surface area (Å²) >= 11 is 0. The predicted molar refractivity (Wildman–Crippen MR) is 76.8 cm³/mol. The van der Waals surface area contributed by atoms with Crippen LogP contribution in [-0.2, 0) is 4.79 Å². The van der Waals surface area contributed by atoms with Gasteiger partial charge in [0.05, 0.1) is 5.60 Å². The van der Waals surface area contributed by atoms with Crippen molar-refractivity contribution in [3.63, 3.8) is 0 Å². The molecule has 2 aliphatic rings. The van der Waals surface area contributed by atoms with Crippen molar-refractivity contribution in [2.75, 3.05) is 6.54 Å². The first-order chi connectivity index (χ1) is 9.07. The highest BCUT2D eigenvalue weighted by molar-refractivity contribution is 5.76. The second-order valence-corrected chi connectivity index (χ2v) is 6.89. The monoisotopic (exact) mass is 267 g/mol. The number of hydrogen-bond acceptors (Lipinski definition) is 2. The summed E-state index contributed by atoms with van der Waals surface area (Å²) in [6, 6.07) is 0. The van der Waals surface area contributed by atoms with E-state index in [4.69, 9.17) is 0 Å². The quantitative estimate of drug-likeness (QED) is 0.822. The Kier molecular flexibility index (Phi) is 5.26. The van der Waals surface area contributed by atoms with Crippen molar-refractivity contribution in [2.45, 2.75) is 76.7 Å². The van der Waals surface area contributed by atoms with Gasteiger partial charge in [-0.05, 0) is 50.4 Å². The molecule has 0 radical (unpaired) electrons. The van der Waals surface area contributed by atoms with Gasteiger partial charge in [-0.2, -0.15) is 0 Å². The summed E-state index contributed by atoms with van der Waals surface area (Å²) in [5, 5.41) is 13.4. The van der Waals surface area contributed by atoms with E-state index in [0.717, 1.165) is 31.6 Å². The predicted octanol–water partition coefficient (Wildman–Crippen LogP) is 3.01. The molecule has 2 rings (SSSR count). The van der Waals surface area contributed by atoms with E-state index >= 15 is 0 Å². The minimum absolute atomic E-state index is 0.138. The lowest BCUT2D eigenvalue weighted by molar-refractivity contribution is -0.124. The van der Waals surface area contributed by atoms with Crippen LogP contribution < -0.4 is 5.32 Å². The van der Waals surface area contributed by atoms with Crippen LogP contribution >= 0.6 is 0 Å². The normalized spacial score (nSPS) is 33.1. The van der Waals surface area contributed by atoms with Gasteiger partial charge in [0, 0.05) is 13.0 Å². The number of carbonyl (C=O) groups excluding carboxylic acids is 1. The fourth-order valence-corrected chi connectivity index (χ4v) is 3.46. The van der Waals surface area contributed by atoms with E-state index in [1.807, 2.05) is 0 Å². The zero-order chi connectivity index (χ0) is 13.7. The smallest absolute Gasteiger partial charge is 0.220 e. The number of rotatable bonds is 4. The molecule has 2 fully saturated rings. The summed E-state index contributed by atoms with van der Waals surface area (Å²) in [6.07, 6.45) is 10.8. The van der Waals surface area contributed by atoms with Gasteiger partial charge in [0.2, 0.25) is 5.91 Å². The molecule has 0 aliphatic heterocycles. The van der Waals surface area contributed by atoms with Crippen LogP contribution in [-0.4, -0.2) is 23.2 Å². The van der Waals surface area contributed by atoms with Crippen LogP contribution in [0.1, 0.15) is 71.1 Å². The van der Waals surface area contributed by atoms with Crippen molar-refractivity contribution in [3.8, 4) is 0 Å². The van der Waals surface area contributed by atoms with Gasteiger partial charge in [0.25, 0.3) is 0 Å². The highest BCUT2D eigenvalue weighted by Gasteiger charge is 2.32. The third-order valence-corrected chi connectivity index (χ3v) is 5.02. The number of nitrogens with one attached hydrogen (secondary N) is 1. The molecule has 1 amide bonds.